The first-order valence-electron chi connectivity index (χ1n) is 8.00. The number of aliphatic carboxylic acids is 1. The number of carbonyl (C=O) groups is 2. The molecule has 1 atom stereocenters. The molecule has 1 aliphatic rings. The first-order valence-corrected chi connectivity index (χ1v) is 9.84. The summed E-state index contributed by atoms with van der Waals surface area (Å²) in [7, 11) is -3.70. The second-order valence-electron chi connectivity index (χ2n) is 5.88. The maximum atomic E-state index is 12.3. The monoisotopic (exact) mass is 386 g/mol. The van der Waals surface area contributed by atoms with Crippen LogP contribution in [0.4, 0.5) is 0 Å². The Hall–Kier alpha value is -2.17. The number of morpholine rings is 1. The molecule has 1 unspecified atom stereocenters. The van der Waals surface area contributed by atoms with Gasteiger partial charge in [0.1, 0.15) is 12.3 Å². The van der Waals surface area contributed by atoms with Crippen LogP contribution in [0.15, 0.2) is 30.3 Å². The molecular weight excluding hydrogens is 364 g/mol. The molecule has 2 rings (SSSR count). The van der Waals surface area contributed by atoms with Crippen molar-refractivity contribution >= 4 is 21.9 Å². The first-order chi connectivity index (χ1) is 12.3. The largest absolute Gasteiger partial charge is 0.484 e. The molecule has 1 saturated heterocycles. The highest BCUT2D eigenvalue weighted by Crippen LogP contribution is 2.12. The van der Waals surface area contributed by atoms with Crippen LogP contribution in [-0.4, -0.2) is 86.4 Å². The van der Waals surface area contributed by atoms with Crippen molar-refractivity contribution in [2.24, 2.45) is 0 Å². The van der Waals surface area contributed by atoms with E-state index in [0.717, 1.165) is 10.6 Å². The summed E-state index contributed by atoms with van der Waals surface area (Å²) in [5.41, 5.74) is 0. The number of para-hydroxylation sites is 1. The van der Waals surface area contributed by atoms with Crippen molar-refractivity contribution in [1.82, 2.24) is 9.21 Å². The third kappa shape index (κ3) is 6.28. The highest BCUT2D eigenvalue weighted by Gasteiger charge is 2.29. The number of sulfonamides is 1. The predicted octanol–water partition coefficient (Wildman–Crippen LogP) is -0.361. The molecule has 1 aromatic carbocycles. The lowest BCUT2D eigenvalue weighted by molar-refractivity contribution is -0.142. The summed E-state index contributed by atoms with van der Waals surface area (Å²) in [5, 5.41) is 8.87. The van der Waals surface area contributed by atoms with E-state index in [1.54, 1.807) is 24.3 Å². The molecule has 0 bridgehead atoms. The van der Waals surface area contributed by atoms with Crippen LogP contribution in [0.3, 0.4) is 0 Å². The Balaban J connectivity index is 1.90. The molecule has 1 aliphatic heterocycles. The summed E-state index contributed by atoms with van der Waals surface area (Å²) in [6.07, 6.45) is 0.341. The first kappa shape index (κ1) is 20.1. The van der Waals surface area contributed by atoms with E-state index >= 15 is 0 Å². The zero-order valence-corrected chi connectivity index (χ0v) is 15.2. The van der Waals surface area contributed by atoms with Crippen LogP contribution in [0.1, 0.15) is 0 Å². The average Bonchev–Trinajstić information content (AvgIpc) is 2.59. The van der Waals surface area contributed by atoms with Crippen LogP contribution >= 0.6 is 0 Å². The number of carbonyl (C=O) groups excluding carboxylic acids is 1. The van der Waals surface area contributed by atoms with Crippen LogP contribution in [0, 0.1) is 0 Å². The number of carboxylic acids is 1. The van der Waals surface area contributed by atoms with Gasteiger partial charge in [0.15, 0.2) is 6.61 Å². The number of hydrogen-bond donors (Lipinski definition) is 1. The van der Waals surface area contributed by atoms with Crippen LogP contribution in [0.5, 0.6) is 5.75 Å². The number of rotatable bonds is 8. The number of hydrogen-bond acceptors (Lipinski definition) is 6. The van der Waals surface area contributed by atoms with Gasteiger partial charge >= 0.3 is 5.97 Å². The van der Waals surface area contributed by atoms with E-state index < -0.39 is 28.6 Å². The second-order valence-corrected chi connectivity index (χ2v) is 7.87. The fourth-order valence-corrected chi connectivity index (χ4v) is 3.29. The number of carboxylic acid groups (broad SMARTS) is 1. The van der Waals surface area contributed by atoms with Gasteiger partial charge < -0.3 is 19.5 Å². The van der Waals surface area contributed by atoms with Gasteiger partial charge in [-0.25, -0.2) is 8.42 Å². The molecule has 0 aromatic heterocycles. The van der Waals surface area contributed by atoms with Gasteiger partial charge in [-0.1, -0.05) is 18.2 Å². The summed E-state index contributed by atoms with van der Waals surface area (Å²) in [4.78, 5) is 24.7. The summed E-state index contributed by atoms with van der Waals surface area (Å²) < 4.78 is 35.2. The number of nitrogens with zero attached hydrogens (tertiary/aromatic N) is 2. The smallest absolute Gasteiger partial charge is 0.318 e. The van der Waals surface area contributed by atoms with Crippen molar-refractivity contribution in [2.75, 3.05) is 45.6 Å². The zero-order chi connectivity index (χ0) is 19.2. The van der Waals surface area contributed by atoms with Crippen LogP contribution in [0.2, 0.25) is 0 Å². The summed E-state index contributed by atoms with van der Waals surface area (Å²) in [6.45, 7) is -0.139. The summed E-state index contributed by atoms with van der Waals surface area (Å²) in [6, 6.07) is 8.92. The van der Waals surface area contributed by atoms with Crippen LogP contribution in [-0.2, 0) is 24.3 Å². The Labute approximate surface area is 152 Å². The minimum absolute atomic E-state index is 0.131. The molecule has 0 aliphatic carbocycles. The van der Waals surface area contributed by atoms with Crippen molar-refractivity contribution in [3.8, 4) is 5.75 Å². The van der Waals surface area contributed by atoms with Crippen molar-refractivity contribution in [3.63, 3.8) is 0 Å². The van der Waals surface area contributed by atoms with Gasteiger partial charge in [-0.15, -0.1) is 0 Å². The quantitative estimate of drug-likeness (QED) is 0.649. The molecule has 10 heteroatoms. The number of amides is 1. The number of benzene rings is 1. The molecular formula is C16H22N2O7S. The standard InChI is InChI=1S/C16H22N2O7S/c1-26(22,23)18(11-16(20)21)10-14-9-17(7-8-24-14)15(19)12-25-13-5-3-2-4-6-13/h2-6,14H,7-12H2,1H3,(H,20,21). The molecule has 0 radical (unpaired) electrons. The van der Waals surface area contributed by atoms with Crippen molar-refractivity contribution in [1.29, 1.82) is 0 Å². The molecule has 1 N–H and O–H groups in total. The van der Waals surface area contributed by atoms with E-state index in [0.29, 0.717) is 12.3 Å². The van der Waals surface area contributed by atoms with Crippen LogP contribution in [0.25, 0.3) is 0 Å². The van der Waals surface area contributed by atoms with Gasteiger partial charge in [0.05, 0.1) is 19.0 Å². The van der Waals surface area contributed by atoms with E-state index in [9.17, 15) is 18.0 Å². The van der Waals surface area contributed by atoms with E-state index in [1.165, 1.54) is 4.90 Å². The van der Waals surface area contributed by atoms with Gasteiger partial charge in [0, 0.05) is 19.6 Å². The molecule has 0 spiro atoms. The highest BCUT2D eigenvalue weighted by molar-refractivity contribution is 7.88. The Bertz CT molecular complexity index is 723. The van der Waals surface area contributed by atoms with E-state index in [-0.39, 0.29) is 32.2 Å². The second kappa shape index (κ2) is 8.97. The average molecular weight is 386 g/mol. The highest BCUT2D eigenvalue weighted by atomic mass is 32.2. The topological polar surface area (TPSA) is 113 Å². The molecule has 1 amide bonds. The lowest BCUT2D eigenvalue weighted by Crippen LogP contribution is -2.52. The number of ether oxygens (including phenoxy) is 2. The Morgan fingerprint density at radius 3 is 2.65 bits per heavy atom. The molecule has 1 heterocycles. The lowest BCUT2D eigenvalue weighted by Gasteiger charge is -2.34. The molecule has 144 valence electrons. The van der Waals surface area contributed by atoms with E-state index in [2.05, 4.69) is 0 Å². The molecule has 26 heavy (non-hydrogen) atoms. The maximum Gasteiger partial charge on any atom is 0.318 e. The molecule has 9 nitrogen and oxygen atoms in total. The van der Waals surface area contributed by atoms with Gasteiger partial charge in [0.25, 0.3) is 5.91 Å². The summed E-state index contributed by atoms with van der Waals surface area (Å²) >= 11 is 0. The van der Waals surface area contributed by atoms with Gasteiger partial charge in [-0.05, 0) is 12.1 Å². The fraction of sp³-hybridized carbons (Fsp3) is 0.500. The van der Waals surface area contributed by atoms with Gasteiger partial charge in [-0.2, -0.15) is 4.31 Å². The predicted molar refractivity (Wildman–Crippen MR) is 92.3 cm³/mol. The molecule has 1 fully saturated rings. The molecule has 1 aromatic rings. The van der Waals surface area contributed by atoms with Crippen LogP contribution < -0.4 is 4.74 Å². The van der Waals surface area contributed by atoms with Crippen molar-refractivity contribution in [2.45, 2.75) is 6.10 Å². The van der Waals surface area contributed by atoms with Crippen molar-refractivity contribution < 1.29 is 32.6 Å². The minimum Gasteiger partial charge on any atom is -0.484 e. The fourth-order valence-electron chi connectivity index (χ4n) is 2.50. The van der Waals surface area contributed by atoms with E-state index in [1.807, 2.05) is 6.07 Å². The van der Waals surface area contributed by atoms with Crippen molar-refractivity contribution in [3.05, 3.63) is 30.3 Å². The third-order valence-corrected chi connectivity index (χ3v) is 5.00. The SMILES string of the molecule is CS(=O)(=O)N(CC(=O)O)CC1CN(C(=O)COc2ccccc2)CCO1. The Morgan fingerprint density at radius 1 is 1.35 bits per heavy atom. The zero-order valence-electron chi connectivity index (χ0n) is 14.4. The minimum atomic E-state index is -3.70. The molecule has 0 saturated carbocycles. The van der Waals surface area contributed by atoms with Gasteiger partial charge in [0.2, 0.25) is 10.0 Å². The van der Waals surface area contributed by atoms with E-state index in [4.69, 9.17) is 14.6 Å². The summed E-state index contributed by atoms with van der Waals surface area (Å²) in [5.74, 6) is -0.919. The lowest BCUT2D eigenvalue weighted by atomic mass is 10.2. The normalized spacial score (nSPS) is 17.9. The Morgan fingerprint density at radius 2 is 2.04 bits per heavy atom. The Kier molecular flexibility index (Phi) is 6.95. The maximum absolute atomic E-state index is 12.3. The third-order valence-electron chi connectivity index (χ3n) is 3.78. The van der Waals surface area contributed by atoms with Gasteiger partial charge in [-0.3, -0.25) is 9.59 Å².